The summed E-state index contributed by atoms with van der Waals surface area (Å²) in [5.74, 6) is 1.73. The molecule has 0 unspecified atom stereocenters. The number of phenolic OH excluding ortho intramolecular Hbond substituents is 3. The Balaban J connectivity index is 2.28. The highest BCUT2D eigenvalue weighted by Gasteiger charge is 2.21. The van der Waals surface area contributed by atoms with Crippen LogP contribution in [0.4, 0.5) is 0 Å². The standard InChI is InChI=1S/C24H26O4/c1-13-8-18(9-14(2)23(13)26)22(17-6-7-20(25)21(12-17)28-5)19-10-15(3)24(27)16(4)11-19/h6-12,22,25-27H,1-5H3/i/hD3. The van der Waals surface area contributed by atoms with E-state index in [-0.39, 0.29) is 5.92 Å². The van der Waals surface area contributed by atoms with Crippen molar-refractivity contribution in [3.05, 3.63) is 81.4 Å². The average molecular weight is 381 g/mol. The van der Waals surface area contributed by atoms with E-state index in [4.69, 9.17) is 19.2 Å². The summed E-state index contributed by atoms with van der Waals surface area (Å²) in [6, 6.07) is 13.6. The number of aryl methyl sites for hydroxylation is 4. The molecule has 0 bridgehead atoms. The minimum absolute atomic E-state index is 0.164. The maximum absolute atomic E-state index is 7.35. The number of ether oxygens (including phenoxy) is 1. The van der Waals surface area contributed by atoms with Crippen molar-refractivity contribution in [2.45, 2.75) is 33.6 Å². The molecule has 3 aromatic rings. The maximum Gasteiger partial charge on any atom is 0.293 e. The van der Waals surface area contributed by atoms with Crippen LogP contribution in [0.3, 0.4) is 0 Å². The zero-order valence-electron chi connectivity index (χ0n) is 19.8. The van der Waals surface area contributed by atoms with Gasteiger partial charge in [-0.05, 0) is 78.8 Å². The highest BCUT2D eigenvalue weighted by atomic mass is 16.5. The molecule has 0 aliphatic carbocycles. The predicted octanol–water partition coefficient (Wildman–Crippen LogP) is 5.23. The molecule has 3 rings (SSSR count). The van der Waals surface area contributed by atoms with Crippen LogP contribution in [0.2, 0.25) is 0 Å². The number of hydrogen-bond acceptors (Lipinski definition) is 4. The lowest BCUT2D eigenvalue weighted by Gasteiger charge is -2.23. The van der Waals surface area contributed by atoms with E-state index in [0.29, 0.717) is 23.0 Å². The van der Waals surface area contributed by atoms with E-state index in [1.165, 1.54) is 0 Å². The number of benzene rings is 3. The molecule has 0 amide bonds. The van der Waals surface area contributed by atoms with Gasteiger partial charge in [0, 0.05) is 5.92 Å². The summed E-state index contributed by atoms with van der Waals surface area (Å²) >= 11 is 0. The molecule has 0 radical (unpaired) electrons. The zero-order valence-corrected chi connectivity index (χ0v) is 16.8. The summed E-state index contributed by atoms with van der Waals surface area (Å²) in [5.41, 5.74) is 6.47. The Bertz CT molecular complexity index is 993. The Kier molecular flexibility index (Phi) is 4.23. The van der Waals surface area contributed by atoms with Gasteiger partial charge in [-0.3, -0.25) is 0 Å². The van der Waals surface area contributed by atoms with Crippen LogP contribution in [0.15, 0.2) is 42.5 Å². The van der Waals surface area contributed by atoms with Crippen molar-refractivity contribution in [3.63, 3.8) is 0 Å². The van der Waals surface area contributed by atoms with Gasteiger partial charge in [-0.25, -0.2) is 0 Å². The molecule has 3 N–H and O–H groups in total. The molecular weight excluding hydrogens is 352 g/mol. The average Bonchev–Trinajstić information content (AvgIpc) is 2.73. The summed E-state index contributed by atoms with van der Waals surface area (Å²) in [6.45, 7) is 7.68. The van der Waals surface area contributed by atoms with Crippen molar-refractivity contribution in [2.24, 2.45) is 0 Å². The highest BCUT2D eigenvalue weighted by Crippen LogP contribution is 2.40. The summed E-state index contributed by atoms with van der Waals surface area (Å²) in [5, 5.41) is 14.3. The fraction of sp³-hybridized carbons (Fsp3) is 0.250. The van der Waals surface area contributed by atoms with E-state index in [2.05, 4.69) is 5.11 Å². The first-order chi connectivity index (χ1) is 14.8. The molecule has 0 saturated heterocycles. The fourth-order valence-electron chi connectivity index (χ4n) is 3.74. The quantitative estimate of drug-likeness (QED) is 0.490. The van der Waals surface area contributed by atoms with Gasteiger partial charge in [-0.1, -0.05) is 30.3 Å². The molecule has 4 heteroatoms. The highest BCUT2D eigenvalue weighted by molar-refractivity contribution is 5.55. The first-order valence-corrected chi connectivity index (χ1v) is 9.14. The van der Waals surface area contributed by atoms with Crippen molar-refractivity contribution in [2.75, 3.05) is 7.11 Å². The first kappa shape index (κ1) is 15.9. The normalized spacial score (nSPS) is 12.1. The van der Waals surface area contributed by atoms with Crippen molar-refractivity contribution >= 4 is 0 Å². The maximum atomic E-state index is 7.35. The Morgan fingerprint density at radius 2 is 1.21 bits per heavy atom. The molecule has 0 atom stereocenters. The predicted molar refractivity (Wildman–Crippen MR) is 111 cm³/mol. The smallest absolute Gasteiger partial charge is 0.293 e. The topological polar surface area (TPSA) is 69.9 Å². The van der Waals surface area contributed by atoms with Crippen LogP contribution in [-0.2, 0) is 0 Å². The summed E-state index contributed by atoms with van der Waals surface area (Å²) in [6.07, 6.45) is 0. The van der Waals surface area contributed by atoms with Gasteiger partial charge in [0.2, 0.25) is 0 Å². The van der Waals surface area contributed by atoms with Crippen LogP contribution in [0, 0.1) is 27.7 Å². The minimum Gasteiger partial charge on any atom is -0.507 e. The molecule has 0 spiro atoms. The molecule has 28 heavy (non-hydrogen) atoms. The molecule has 0 aliphatic heterocycles. The molecule has 4 nitrogen and oxygen atoms in total. The van der Waals surface area contributed by atoms with Crippen LogP contribution >= 0.6 is 0 Å². The van der Waals surface area contributed by atoms with Crippen molar-refractivity contribution < 1.29 is 20.1 Å². The molecular formula is C24H26O4. The van der Waals surface area contributed by atoms with Gasteiger partial charge in [0.1, 0.15) is 11.5 Å². The van der Waals surface area contributed by atoms with E-state index >= 15 is 0 Å². The second-order valence-corrected chi connectivity index (χ2v) is 7.31. The third kappa shape index (κ3) is 3.50. The van der Waals surface area contributed by atoms with Gasteiger partial charge < -0.3 is 20.1 Å². The molecule has 0 fully saturated rings. The second kappa shape index (κ2) is 7.47. The number of aromatic hydroxyl groups is 3. The summed E-state index contributed by atoms with van der Waals surface area (Å²) in [4.78, 5) is 0. The first-order valence-electron chi connectivity index (χ1n) is 10.4. The van der Waals surface area contributed by atoms with Crippen molar-refractivity contribution in [3.8, 4) is 23.0 Å². The molecule has 0 aliphatic rings. The third-order valence-corrected chi connectivity index (χ3v) is 5.15. The molecule has 146 valence electrons. The van der Waals surface area contributed by atoms with E-state index in [1.54, 1.807) is 13.2 Å². The lowest BCUT2D eigenvalue weighted by Crippen LogP contribution is -2.06. The van der Waals surface area contributed by atoms with Crippen molar-refractivity contribution in [1.82, 2.24) is 0 Å². The third-order valence-electron chi connectivity index (χ3n) is 5.15. The van der Waals surface area contributed by atoms with E-state index in [1.807, 2.05) is 64.1 Å². The molecule has 0 aromatic heterocycles. The van der Waals surface area contributed by atoms with E-state index in [9.17, 15) is 0 Å². The second-order valence-electron chi connectivity index (χ2n) is 7.31. The van der Waals surface area contributed by atoms with Gasteiger partial charge in [0.25, 0.3) is 4.29 Å². The molecule has 0 heterocycles. The monoisotopic (exact) mass is 381 g/mol. The number of methoxy groups -OCH3 is 1. The fourth-order valence-corrected chi connectivity index (χ4v) is 3.74. The van der Waals surface area contributed by atoms with Crippen LogP contribution < -0.4 is 4.74 Å². The SMILES string of the molecule is [2H]Oc1ccc(C(c2cc(C)c(O[2H])c(C)c2)c2cc(C)c(O[2H])c(C)c2)cc1OC. The van der Waals surface area contributed by atoms with Gasteiger partial charge >= 0.3 is 0 Å². The Morgan fingerprint density at radius 3 is 1.61 bits per heavy atom. The van der Waals surface area contributed by atoms with E-state index < -0.39 is 0 Å². The summed E-state index contributed by atoms with van der Waals surface area (Å²) < 4.78 is 27.4. The lowest BCUT2D eigenvalue weighted by atomic mass is 9.82. The van der Waals surface area contributed by atoms with Gasteiger partial charge in [-0.2, -0.15) is 0 Å². The Labute approximate surface area is 170 Å². The Morgan fingerprint density at radius 1 is 0.714 bits per heavy atom. The van der Waals surface area contributed by atoms with Crippen molar-refractivity contribution in [1.29, 1.82) is 4.29 Å². The zero-order chi connectivity index (χ0) is 22.7. The van der Waals surface area contributed by atoms with Gasteiger partial charge in [0.15, 0.2) is 11.5 Å². The lowest BCUT2D eigenvalue weighted by molar-refractivity contribution is 0.373. The van der Waals surface area contributed by atoms with Crippen LogP contribution in [0.1, 0.15) is 44.9 Å². The van der Waals surface area contributed by atoms with Crippen LogP contribution in [0.25, 0.3) is 0 Å². The number of rotatable bonds is 7. The van der Waals surface area contributed by atoms with E-state index in [0.717, 1.165) is 38.9 Å². The van der Waals surface area contributed by atoms with Crippen LogP contribution in [-0.4, -0.2) is 26.7 Å². The minimum atomic E-state index is -0.164. The van der Waals surface area contributed by atoms with Gasteiger partial charge in [0.05, 0.1) is 7.11 Å². The number of hydrogen-bond donors (Lipinski definition) is 3. The molecule has 0 saturated carbocycles. The molecule has 3 aromatic carbocycles. The van der Waals surface area contributed by atoms with Gasteiger partial charge in [-0.15, -0.1) is 0 Å². The van der Waals surface area contributed by atoms with Crippen LogP contribution in [0.5, 0.6) is 23.0 Å². The Hall–Kier alpha value is -3.14. The summed E-state index contributed by atoms with van der Waals surface area (Å²) in [7, 11) is 1.54. The largest absolute Gasteiger partial charge is 0.507 e. The number of phenols is 3.